The molecular weight excluding hydrogens is 288 g/mol. The van der Waals surface area contributed by atoms with E-state index < -0.39 is 5.76 Å². The van der Waals surface area contributed by atoms with Crippen LogP contribution in [0.2, 0.25) is 5.02 Å². The minimum atomic E-state index is -0.514. The highest BCUT2D eigenvalue weighted by molar-refractivity contribution is 6.30. The van der Waals surface area contributed by atoms with E-state index in [1.54, 1.807) is 54.7 Å². The number of nitrogens with zero attached hydrogens (tertiary/aromatic N) is 2. The van der Waals surface area contributed by atoms with Crippen molar-refractivity contribution in [2.45, 2.75) is 0 Å². The molecule has 0 radical (unpaired) electrons. The van der Waals surface area contributed by atoms with Gasteiger partial charge in [-0.15, -0.1) is 0 Å². The Bertz CT molecular complexity index is 886. The van der Waals surface area contributed by atoms with E-state index in [2.05, 4.69) is 6.07 Å². The number of benzene rings is 2. The lowest BCUT2D eigenvalue weighted by atomic mass is 10.1. The van der Waals surface area contributed by atoms with Crippen LogP contribution in [-0.4, -0.2) is 4.57 Å². The molecule has 0 saturated heterocycles. The monoisotopic (exact) mass is 296 g/mol. The summed E-state index contributed by atoms with van der Waals surface area (Å²) in [5.41, 5.74) is 1.69. The van der Waals surface area contributed by atoms with E-state index >= 15 is 0 Å². The summed E-state index contributed by atoms with van der Waals surface area (Å²) in [6.07, 6.45) is 1.57. The van der Waals surface area contributed by atoms with Crippen LogP contribution >= 0.6 is 11.6 Å². The molecule has 4 nitrogen and oxygen atoms in total. The van der Waals surface area contributed by atoms with Gasteiger partial charge in [0.05, 0.1) is 23.5 Å². The smallest absolute Gasteiger partial charge is 0.407 e. The Kier molecular flexibility index (Phi) is 3.35. The molecule has 1 heterocycles. The lowest BCUT2D eigenvalue weighted by Gasteiger charge is -1.99. The molecule has 21 heavy (non-hydrogen) atoms. The Balaban J connectivity index is 2.12. The minimum Gasteiger partial charge on any atom is -0.407 e. The highest BCUT2D eigenvalue weighted by Gasteiger charge is 2.12. The maximum atomic E-state index is 12.0. The fourth-order valence-corrected chi connectivity index (χ4v) is 2.17. The highest BCUT2D eigenvalue weighted by Crippen LogP contribution is 2.23. The van der Waals surface area contributed by atoms with E-state index in [9.17, 15) is 4.79 Å². The summed E-state index contributed by atoms with van der Waals surface area (Å²) in [5, 5.41) is 9.70. The number of aromatic nitrogens is 1. The average Bonchev–Trinajstić information content (AvgIpc) is 2.90. The third kappa shape index (κ3) is 2.47. The van der Waals surface area contributed by atoms with E-state index in [1.165, 1.54) is 4.57 Å². The van der Waals surface area contributed by atoms with Crippen LogP contribution in [0.4, 0.5) is 0 Å². The van der Waals surface area contributed by atoms with Crippen LogP contribution in [0.5, 0.6) is 0 Å². The van der Waals surface area contributed by atoms with Crippen molar-refractivity contribution in [2.75, 3.05) is 0 Å². The molecule has 0 bridgehead atoms. The van der Waals surface area contributed by atoms with Gasteiger partial charge < -0.3 is 4.42 Å². The number of halogens is 1. The quantitative estimate of drug-likeness (QED) is 0.725. The summed E-state index contributed by atoms with van der Waals surface area (Å²) in [5.74, 6) is -0.160. The van der Waals surface area contributed by atoms with Crippen molar-refractivity contribution in [1.29, 1.82) is 5.26 Å². The van der Waals surface area contributed by atoms with E-state index in [1.807, 2.05) is 0 Å². The van der Waals surface area contributed by atoms with Gasteiger partial charge in [-0.05, 0) is 36.4 Å². The molecule has 2 aromatic carbocycles. The molecule has 3 rings (SSSR count). The topological polar surface area (TPSA) is 58.9 Å². The standard InChI is InChI=1S/C16H9ClN2O2/c17-12-5-7-13(8-6-12)19-10-15(21-16(19)20)14-4-2-1-3-11(14)9-18/h1-8,10H. The number of nitriles is 1. The molecule has 5 heteroatoms. The van der Waals surface area contributed by atoms with Crippen molar-refractivity contribution in [1.82, 2.24) is 4.57 Å². The van der Waals surface area contributed by atoms with Crippen LogP contribution in [0.1, 0.15) is 5.56 Å². The average molecular weight is 297 g/mol. The molecule has 3 aromatic rings. The Morgan fingerprint density at radius 2 is 1.81 bits per heavy atom. The van der Waals surface area contributed by atoms with E-state index in [-0.39, 0.29) is 0 Å². The first kappa shape index (κ1) is 13.2. The first-order chi connectivity index (χ1) is 10.2. The second kappa shape index (κ2) is 5.31. The fourth-order valence-electron chi connectivity index (χ4n) is 2.04. The van der Waals surface area contributed by atoms with E-state index in [0.29, 0.717) is 27.6 Å². The van der Waals surface area contributed by atoms with Gasteiger partial charge in [-0.2, -0.15) is 5.26 Å². The molecule has 0 spiro atoms. The van der Waals surface area contributed by atoms with Gasteiger partial charge in [0, 0.05) is 10.6 Å². The van der Waals surface area contributed by atoms with Crippen LogP contribution < -0.4 is 5.76 Å². The van der Waals surface area contributed by atoms with E-state index in [0.717, 1.165) is 0 Å². The number of hydrogen-bond acceptors (Lipinski definition) is 3. The zero-order valence-electron chi connectivity index (χ0n) is 10.8. The maximum absolute atomic E-state index is 12.0. The molecule has 0 N–H and O–H groups in total. The Morgan fingerprint density at radius 3 is 2.52 bits per heavy atom. The largest absolute Gasteiger partial charge is 0.424 e. The van der Waals surface area contributed by atoms with Gasteiger partial charge in [-0.25, -0.2) is 9.36 Å². The van der Waals surface area contributed by atoms with Crippen molar-refractivity contribution in [3.05, 3.63) is 75.9 Å². The van der Waals surface area contributed by atoms with Gasteiger partial charge >= 0.3 is 5.76 Å². The SMILES string of the molecule is N#Cc1ccccc1-c1cn(-c2ccc(Cl)cc2)c(=O)o1. The van der Waals surface area contributed by atoms with Crippen molar-refractivity contribution in [2.24, 2.45) is 0 Å². The highest BCUT2D eigenvalue weighted by atomic mass is 35.5. The number of oxazole rings is 1. The fraction of sp³-hybridized carbons (Fsp3) is 0. The number of hydrogen-bond donors (Lipinski definition) is 0. The second-order valence-corrected chi connectivity index (χ2v) is 4.80. The van der Waals surface area contributed by atoms with Crippen molar-refractivity contribution in [3.63, 3.8) is 0 Å². The number of rotatable bonds is 2. The van der Waals surface area contributed by atoms with E-state index in [4.69, 9.17) is 21.3 Å². The van der Waals surface area contributed by atoms with Crippen LogP contribution in [0.25, 0.3) is 17.0 Å². The molecule has 102 valence electrons. The lowest BCUT2D eigenvalue weighted by molar-refractivity contribution is 0.516. The third-order valence-corrected chi connectivity index (χ3v) is 3.31. The van der Waals surface area contributed by atoms with Crippen LogP contribution in [0.3, 0.4) is 0 Å². The van der Waals surface area contributed by atoms with Gasteiger partial charge in [0.2, 0.25) is 0 Å². The van der Waals surface area contributed by atoms with Crippen LogP contribution in [-0.2, 0) is 0 Å². The molecular formula is C16H9ClN2O2. The summed E-state index contributed by atoms with van der Waals surface area (Å²) in [4.78, 5) is 12.0. The zero-order chi connectivity index (χ0) is 14.8. The summed E-state index contributed by atoms with van der Waals surface area (Å²) < 4.78 is 6.63. The Hall–Kier alpha value is -2.77. The molecule has 0 aliphatic rings. The molecule has 0 unspecified atom stereocenters. The lowest BCUT2D eigenvalue weighted by Crippen LogP contribution is -2.10. The van der Waals surface area contributed by atoms with Gasteiger partial charge in [0.1, 0.15) is 0 Å². The zero-order valence-corrected chi connectivity index (χ0v) is 11.5. The third-order valence-electron chi connectivity index (χ3n) is 3.06. The second-order valence-electron chi connectivity index (χ2n) is 4.37. The van der Waals surface area contributed by atoms with Gasteiger partial charge in [-0.3, -0.25) is 0 Å². The Labute approximate surface area is 125 Å². The summed E-state index contributed by atoms with van der Waals surface area (Å²) in [7, 11) is 0. The van der Waals surface area contributed by atoms with Crippen LogP contribution in [0.15, 0.2) is 63.9 Å². The molecule has 0 fully saturated rings. The van der Waals surface area contributed by atoms with Crippen molar-refractivity contribution >= 4 is 11.6 Å². The first-order valence-corrected chi connectivity index (χ1v) is 6.55. The first-order valence-electron chi connectivity index (χ1n) is 6.17. The minimum absolute atomic E-state index is 0.354. The predicted molar refractivity (Wildman–Crippen MR) is 79.5 cm³/mol. The van der Waals surface area contributed by atoms with Gasteiger partial charge in [0.25, 0.3) is 0 Å². The van der Waals surface area contributed by atoms with Crippen molar-refractivity contribution < 1.29 is 4.42 Å². The molecule has 0 saturated carbocycles. The van der Waals surface area contributed by atoms with Gasteiger partial charge in [-0.1, -0.05) is 23.7 Å². The van der Waals surface area contributed by atoms with Crippen LogP contribution in [0, 0.1) is 11.3 Å². The molecule has 0 aliphatic carbocycles. The molecule has 0 amide bonds. The molecule has 1 aromatic heterocycles. The van der Waals surface area contributed by atoms with Gasteiger partial charge in [0.15, 0.2) is 5.76 Å². The molecule has 0 atom stereocenters. The van der Waals surface area contributed by atoms with Crippen molar-refractivity contribution in [3.8, 4) is 23.1 Å². The normalized spacial score (nSPS) is 10.3. The Morgan fingerprint density at radius 1 is 1.10 bits per heavy atom. The summed E-state index contributed by atoms with van der Waals surface area (Å²) in [6, 6.07) is 15.9. The predicted octanol–water partition coefficient (Wildman–Crippen LogP) is 3.62. The molecule has 0 aliphatic heterocycles. The maximum Gasteiger partial charge on any atom is 0.424 e. The summed E-state index contributed by atoms with van der Waals surface area (Å²) >= 11 is 5.83. The summed E-state index contributed by atoms with van der Waals surface area (Å²) in [6.45, 7) is 0.